The van der Waals surface area contributed by atoms with Crippen LogP contribution in [0.4, 0.5) is 4.39 Å². The van der Waals surface area contributed by atoms with Gasteiger partial charge in [-0.15, -0.1) is 0 Å². The highest BCUT2D eigenvalue weighted by Gasteiger charge is 2.17. The Kier molecular flexibility index (Phi) is 4.64. The molecule has 0 bridgehead atoms. The molecule has 5 nitrogen and oxygen atoms in total. The number of furan rings is 1. The topological polar surface area (TPSA) is 68.5 Å². The van der Waals surface area contributed by atoms with Crippen molar-refractivity contribution in [1.29, 1.82) is 0 Å². The molecule has 0 spiro atoms. The van der Waals surface area contributed by atoms with Crippen molar-refractivity contribution >= 4 is 10.0 Å². The molecule has 0 fully saturated rings. The first-order valence-electron chi connectivity index (χ1n) is 6.37. The number of nitrogens with one attached hydrogen (secondary N) is 1. The van der Waals surface area contributed by atoms with Crippen LogP contribution in [0.25, 0.3) is 0 Å². The van der Waals surface area contributed by atoms with E-state index in [2.05, 4.69) is 4.72 Å². The second-order valence-electron chi connectivity index (χ2n) is 4.66. The van der Waals surface area contributed by atoms with Gasteiger partial charge in [0.1, 0.15) is 5.76 Å². The summed E-state index contributed by atoms with van der Waals surface area (Å²) < 4.78 is 50.5. The molecular formula is C14H16FNO4S. The van der Waals surface area contributed by atoms with Gasteiger partial charge >= 0.3 is 0 Å². The van der Waals surface area contributed by atoms with Crippen LogP contribution in [0.5, 0.6) is 5.75 Å². The number of ether oxygens (including phenoxy) is 1. The minimum absolute atomic E-state index is 0.00119. The molecule has 2 aromatic rings. The summed E-state index contributed by atoms with van der Waals surface area (Å²) in [6.07, 6.45) is 1.25. The second-order valence-corrected chi connectivity index (χ2v) is 6.43. The van der Waals surface area contributed by atoms with Crippen LogP contribution >= 0.6 is 0 Å². The van der Waals surface area contributed by atoms with E-state index in [0.29, 0.717) is 5.76 Å². The highest BCUT2D eigenvalue weighted by Crippen LogP contribution is 2.22. The summed E-state index contributed by atoms with van der Waals surface area (Å²) in [7, 11) is -3.81. The van der Waals surface area contributed by atoms with Crippen molar-refractivity contribution in [3.8, 4) is 5.75 Å². The van der Waals surface area contributed by atoms with Crippen LogP contribution in [0, 0.1) is 5.82 Å². The lowest BCUT2D eigenvalue weighted by Crippen LogP contribution is -2.23. The Morgan fingerprint density at radius 2 is 2.10 bits per heavy atom. The minimum Gasteiger partial charge on any atom is -0.488 e. The Balaban J connectivity index is 2.14. The number of halogens is 1. The fourth-order valence-electron chi connectivity index (χ4n) is 1.66. The van der Waals surface area contributed by atoms with E-state index in [0.717, 1.165) is 6.07 Å². The van der Waals surface area contributed by atoms with Gasteiger partial charge in [0.05, 0.1) is 23.8 Å². The summed E-state index contributed by atoms with van der Waals surface area (Å²) in [6.45, 7) is 3.52. The zero-order valence-corrected chi connectivity index (χ0v) is 12.5. The van der Waals surface area contributed by atoms with Gasteiger partial charge in [0, 0.05) is 0 Å². The molecule has 1 N–H and O–H groups in total. The Morgan fingerprint density at radius 1 is 1.33 bits per heavy atom. The van der Waals surface area contributed by atoms with Gasteiger partial charge in [-0.05, 0) is 44.2 Å². The molecule has 1 aromatic carbocycles. The van der Waals surface area contributed by atoms with E-state index < -0.39 is 15.8 Å². The van der Waals surface area contributed by atoms with E-state index in [4.69, 9.17) is 9.15 Å². The molecule has 114 valence electrons. The maximum Gasteiger partial charge on any atom is 0.241 e. The molecule has 0 amide bonds. The zero-order chi connectivity index (χ0) is 15.5. The third-order valence-electron chi connectivity index (χ3n) is 2.59. The maximum atomic E-state index is 13.8. The van der Waals surface area contributed by atoms with Crippen molar-refractivity contribution in [3.05, 3.63) is 48.2 Å². The number of benzene rings is 1. The van der Waals surface area contributed by atoms with Crippen molar-refractivity contribution in [2.75, 3.05) is 0 Å². The Hall–Kier alpha value is -1.86. The molecule has 2 rings (SSSR count). The van der Waals surface area contributed by atoms with Gasteiger partial charge in [-0.1, -0.05) is 0 Å². The largest absolute Gasteiger partial charge is 0.488 e. The predicted molar refractivity (Wildman–Crippen MR) is 74.9 cm³/mol. The van der Waals surface area contributed by atoms with E-state index in [1.54, 1.807) is 26.0 Å². The first-order chi connectivity index (χ1) is 9.88. The Labute approximate surface area is 122 Å². The third kappa shape index (κ3) is 4.05. The first kappa shape index (κ1) is 15.5. The summed E-state index contributed by atoms with van der Waals surface area (Å²) in [5.41, 5.74) is 0. The van der Waals surface area contributed by atoms with Crippen molar-refractivity contribution < 1.29 is 22.0 Å². The normalized spacial score (nSPS) is 11.8. The van der Waals surface area contributed by atoms with Crippen molar-refractivity contribution in [2.45, 2.75) is 31.4 Å². The summed E-state index contributed by atoms with van der Waals surface area (Å²) in [5.74, 6) is -0.224. The smallest absolute Gasteiger partial charge is 0.241 e. The van der Waals surface area contributed by atoms with Crippen LogP contribution in [0.15, 0.2) is 45.9 Å². The van der Waals surface area contributed by atoms with Gasteiger partial charge < -0.3 is 9.15 Å². The van der Waals surface area contributed by atoms with Gasteiger partial charge in [0.2, 0.25) is 10.0 Å². The molecule has 0 saturated heterocycles. The van der Waals surface area contributed by atoms with E-state index in [1.807, 2.05) is 0 Å². The monoisotopic (exact) mass is 313 g/mol. The molecule has 0 unspecified atom stereocenters. The van der Waals surface area contributed by atoms with Gasteiger partial charge in [0.25, 0.3) is 0 Å². The zero-order valence-electron chi connectivity index (χ0n) is 11.7. The fourth-order valence-corrected chi connectivity index (χ4v) is 2.67. The van der Waals surface area contributed by atoms with Gasteiger partial charge in [-0.25, -0.2) is 17.5 Å². The number of hydrogen-bond acceptors (Lipinski definition) is 4. The average Bonchev–Trinajstić information content (AvgIpc) is 2.91. The van der Waals surface area contributed by atoms with Gasteiger partial charge in [-0.3, -0.25) is 0 Å². The second kappa shape index (κ2) is 6.28. The van der Waals surface area contributed by atoms with Crippen molar-refractivity contribution in [3.63, 3.8) is 0 Å². The maximum absolute atomic E-state index is 13.8. The molecule has 0 saturated carbocycles. The molecule has 0 radical (unpaired) electrons. The van der Waals surface area contributed by atoms with Crippen LogP contribution in [-0.2, 0) is 16.6 Å². The van der Waals surface area contributed by atoms with E-state index in [-0.39, 0.29) is 23.3 Å². The molecule has 1 heterocycles. The molecule has 0 aliphatic rings. The van der Waals surface area contributed by atoms with Crippen LogP contribution in [0.2, 0.25) is 0 Å². The molecule has 1 aromatic heterocycles. The predicted octanol–water partition coefficient (Wildman–Crippen LogP) is 2.68. The quantitative estimate of drug-likeness (QED) is 0.890. The van der Waals surface area contributed by atoms with Crippen LogP contribution in [-0.4, -0.2) is 14.5 Å². The van der Waals surface area contributed by atoms with E-state index >= 15 is 0 Å². The molecule has 0 aliphatic carbocycles. The Bertz CT molecular complexity index is 696. The Morgan fingerprint density at radius 3 is 2.67 bits per heavy atom. The van der Waals surface area contributed by atoms with Gasteiger partial charge in [-0.2, -0.15) is 0 Å². The summed E-state index contributed by atoms with van der Waals surface area (Å²) in [6, 6.07) is 6.83. The molecule has 0 atom stereocenters. The minimum atomic E-state index is -3.81. The summed E-state index contributed by atoms with van der Waals surface area (Å²) >= 11 is 0. The van der Waals surface area contributed by atoms with Crippen LogP contribution in [0.3, 0.4) is 0 Å². The number of rotatable bonds is 6. The molecule has 21 heavy (non-hydrogen) atoms. The number of sulfonamides is 1. The third-order valence-corrected chi connectivity index (χ3v) is 3.99. The molecule has 7 heteroatoms. The van der Waals surface area contributed by atoms with E-state index in [9.17, 15) is 12.8 Å². The lowest BCUT2D eigenvalue weighted by molar-refractivity contribution is 0.231. The SMILES string of the molecule is CC(C)Oc1ccc(S(=O)(=O)NCc2ccco2)cc1F. The number of hydrogen-bond donors (Lipinski definition) is 1. The first-order valence-corrected chi connectivity index (χ1v) is 7.85. The summed E-state index contributed by atoms with van der Waals surface area (Å²) in [4.78, 5) is -0.164. The van der Waals surface area contributed by atoms with E-state index in [1.165, 1.54) is 18.4 Å². The molecular weight excluding hydrogens is 297 g/mol. The van der Waals surface area contributed by atoms with Gasteiger partial charge in [0.15, 0.2) is 11.6 Å². The summed E-state index contributed by atoms with van der Waals surface area (Å²) in [5, 5.41) is 0. The van der Waals surface area contributed by atoms with Crippen molar-refractivity contribution in [1.82, 2.24) is 4.72 Å². The fraction of sp³-hybridized carbons (Fsp3) is 0.286. The molecule has 0 aliphatic heterocycles. The lowest BCUT2D eigenvalue weighted by atomic mass is 10.3. The highest BCUT2D eigenvalue weighted by atomic mass is 32.2. The lowest BCUT2D eigenvalue weighted by Gasteiger charge is -2.11. The van der Waals surface area contributed by atoms with Crippen LogP contribution in [0.1, 0.15) is 19.6 Å². The van der Waals surface area contributed by atoms with Crippen LogP contribution < -0.4 is 9.46 Å². The highest BCUT2D eigenvalue weighted by molar-refractivity contribution is 7.89. The average molecular weight is 313 g/mol. The standard InChI is InChI=1S/C14H16FNO4S/c1-10(2)20-14-6-5-12(8-13(14)15)21(17,18)16-9-11-4-3-7-19-11/h3-8,10,16H,9H2,1-2H3. The van der Waals surface area contributed by atoms with Crippen molar-refractivity contribution in [2.24, 2.45) is 0 Å².